The molecular formula is C68H64N6. The topological polar surface area (TPSA) is 52.9 Å². The molecular weight excluding hydrogens is 901 g/mol. The fourth-order valence-corrected chi connectivity index (χ4v) is 10.5. The van der Waals surface area contributed by atoms with Crippen molar-refractivity contribution in [3.05, 3.63) is 204 Å². The van der Waals surface area contributed by atoms with Gasteiger partial charge in [0.05, 0.1) is 40.0 Å². The van der Waals surface area contributed by atoms with Gasteiger partial charge in [-0.1, -0.05) is 186 Å². The van der Waals surface area contributed by atoms with E-state index in [4.69, 9.17) is 21.5 Å². The highest BCUT2D eigenvalue weighted by atomic mass is 15.0. The van der Waals surface area contributed by atoms with E-state index in [0.29, 0.717) is 23.2 Å². The van der Waals surface area contributed by atoms with Crippen molar-refractivity contribution in [1.82, 2.24) is 24.1 Å². The molecule has 0 unspecified atom stereocenters. The van der Waals surface area contributed by atoms with Crippen molar-refractivity contribution in [2.75, 3.05) is 0 Å². The van der Waals surface area contributed by atoms with Crippen LogP contribution in [0.1, 0.15) is 105 Å². The van der Waals surface area contributed by atoms with E-state index in [-0.39, 0.29) is 21.7 Å². The molecule has 0 saturated carbocycles. The molecule has 6 nitrogen and oxygen atoms in total. The minimum atomic E-state index is -0.0698. The quantitative estimate of drug-likeness (QED) is 0.156. The fourth-order valence-electron chi connectivity index (χ4n) is 10.5. The average Bonchev–Trinajstić information content (AvgIpc) is 3.90. The molecule has 0 radical (unpaired) electrons. The normalized spacial score (nSPS) is 12.6. The summed E-state index contributed by atoms with van der Waals surface area (Å²) in [6.07, 6.45) is 0. The number of hydrogen-bond acceptors (Lipinski definition) is 3. The molecule has 8 aromatic carbocycles. The van der Waals surface area contributed by atoms with E-state index in [0.717, 1.165) is 61.3 Å². The highest BCUT2D eigenvalue weighted by Crippen LogP contribution is 2.46. The molecule has 6 heteroatoms. The molecule has 3 aromatic heterocycles. The molecule has 0 aliphatic heterocycles. The summed E-state index contributed by atoms with van der Waals surface area (Å²) in [5, 5.41) is 4.79. The molecule has 0 amide bonds. The lowest BCUT2D eigenvalue weighted by Crippen LogP contribution is -2.10. The van der Waals surface area contributed by atoms with E-state index in [1.165, 1.54) is 43.8 Å². The Morgan fingerprint density at radius 1 is 0.338 bits per heavy atom. The number of fused-ring (bicyclic) bond motifs is 6. The van der Waals surface area contributed by atoms with E-state index in [1.807, 2.05) is 66.7 Å². The molecule has 0 aliphatic rings. The van der Waals surface area contributed by atoms with E-state index >= 15 is 0 Å². The Labute approximate surface area is 436 Å². The van der Waals surface area contributed by atoms with Crippen molar-refractivity contribution in [1.29, 1.82) is 0 Å². The Kier molecular flexibility index (Phi) is 11.4. The Balaban J connectivity index is 1.26. The Bertz CT molecular complexity index is 3840. The molecule has 3 heterocycles. The SMILES string of the molecule is [C-]#[N+]c1ccc(-n2c3ccc(C(C)(C)C)cc3c3cc(C(C)(C)C)ccc32)c(-c2ccc(-c3nc(-c4ccccc4)nc(-c4ccccc4)n3)cc2-n2c3ccc(C(C)(C)C)cc3c3cc(C(C)(C)C)ccc32)c1. The molecule has 366 valence electrons. The number of rotatable bonds is 6. The molecule has 0 spiro atoms. The van der Waals surface area contributed by atoms with Crippen LogP contribution in [0.2, 0.25) is 0 Å². The zero-order valence-corrected chi connectivity index (χ0v) is 44.8. The van der Waals surface area contributed by atoms with E-state index in [9.17, 15) is 0 Å². The van der Waals surface area contributed by atoms with Gasteiger partial charge in [-0.25, -0.2) is 19.8 Å². The molecule has 0 fully saturated rings. The van der Waals surface area contributed by atoms with E-state index < -0.39 is 0 Å². The largest absolute Gasteiger partial charge is 0.309 e. The highest BCUT2D eigenvalue weighted by molar-refractivity contribution is 6.12. The Morgan fingerprint density at radius 2 is 0.703 bits per heavy atom. The summed E-state index contributed by atoms with van der Waals surface area (Å²) in [5.41, 5.74) is 16.4. The monoisotopic (exact) mass is 965 g/mol. The van der Waals surface area contributed by atoms with Gasteiger partial charge in [-0.2, -0.15) is 0 Å². The summed E-state index contributed by atoms with van der Waals surface area (Å²) in [5.74, 6) is 1.77. The van der Waals surface area contributed by atoms with Crippen LogP contribution >= 0.6 is 0 Å². The van der Waals surface area contributed by atoms with Gasteiger partial charge in [-0.15, -0.1) is 0 Å². The predicted molar refractivity (Wildman–Crippen MR) is 311 cm³/mol. The van der Waals surface area contributed by atoms with Crippen LogP contribution in [-0.4, -0.2) is 24.1 Å². The van der Waals surface area contributed by atoms with Crippen LogP contribution in [0.4, 0.5) is 5.69 Å². The average molecular weight is 965 g/mol. The maximum Gasteiger partial charge on any atom is 0.188 e. The molecule has 0 bridgehead atoms. The van der Waals surface area contributed by atoms with Gasteiger partial charge in [-0.3, -0.25) is 0 Å². The lowest BCUT2D eigenvalue weighted by Gasteiger charge is -2.22. The van der Waals surface area contributed by atoms with Crippen molar-refractivity contribution >= 4 is 49.3 Å². The third-order valence-electron chi connectivity index (χ3n) is 14.8. The number of nitrogens with zero attached hydrogens (tertiary/aromatic N) is 6. The van der Waals surface area contributed by atoms with Gasteiger partial charge in [0.2, 0.25) is 0 Å². The maximum absolute atomic E-state index is 8.44. The number of benzene rings is 8. The van der Waals surface area contributed by atoms with Gasteiger partial charge in [-0.05, 0) is 116 Å². The predicted octanol–water partition coefficient (Wildman–Crippen LogP) is 18.5. The summed E-state index contributed by atoms with van der Waals surface area (Å²) < 4.78 is 4.86. The molecule has 11 rings (SSSR count). The van der Waals surface area contributed by atoms with Crippen molar-refractivity contribution in [3.8, 4) is 56.7 Å². The van der Waals surface area contributed by atoms with Crippen molar-refractivity contribution in [2.45, 2.75) is 105 Å². The van der Waals surface area contributed by atoms with E-state index in [1.54, 1.807) is 0 Å². The summed E-state index contributed by atoms with van der Waals surface area (Å²) in [7, 11) is 0. The van der Waals surface area contributed by atoms with Gasteiger partial charge in [0.25, 0.3) is 0 Å². The van der Waals surface area contributed by atoms with Crippen molar-refractivity contribution in [3.63, 3.8) is 0 Å². The second-order valence-electron chi connectivity index (χ2n) is 24.2. The molecule has 0 atom stereocenters. The molecule has 0 aliphatic carbocycles. The van der Waals surface area contributed by atoms with E-state index in [2.05, 4.69) is 200 Å². The Morgan fingerprint density at radius 3 is 1.07 bits per heavy atom. The Hall–Kier alpha value is -8.14. The summed E-state index contributed by atoms with van der Waals surface area (Å²) in [6.45, 7) is 35.8. The van der Waals surface area contributed by atoms with Gasteiger partial charge in [0.1, 0.15) is 0 Å². The van der Waals surface area contributed by atoms with Crippen molar-refractivity contribution in [2.24, 2.45) is 0 Å². The second-order valence-corrected chi connectivity index (χ2v) is 24.2. The first-order valence-corrected chi connectivity index (χ1v) is 25.9. The fraction of sp³-hybridized carbons (Fsp3) is 0.235. The minimum Gasteiger partial charge on any atom is -0.309 e. The first-order valence-electron chi connectivity index (χ1n) is 25.9. The molecule has 0 N–H and O–H groups in total. The molecule has 74 heavy (non-hydrogen) atoms. The van der Waals surface area contributed by atoms with Gasteiger partial charge >= 0.3 is 0 Å². The standard InChI is InChI=1S/C68H64N6/c1-65(2,3)45-25-31-56-51(37-45)52-38-46(66(4,5)6)26-32-57(52)73(56)60-35-29-49(69-13)41-55(60)50-30-24-44(64-71-62(42-20-16-14-17-21-42)70-63(72-64)43-22-18-15-19-23-43)36-61(50)74-58-33-27-47(67(7,8)9)39-53(58)54-40-48(68(10,11)12)28-34-59(54)74/h14-41H,1-12H3. The van der Waals surface area contributed by atoms with Crippen molar-refractivity contribution < 1.29 is 0 Å². The van der Waals surface area contributed by atoms with Crippen LogP contribution in [0.25, 0.3) is 105 Å². The van der Waals surface area contributed by atoms with Gasteiger partial charge in [0.15, 0.2) is 23.2 Å². The zero-order valence-electron chi connectivity index (χ0n) is 44.8. The lowest BCUT2D eigenvalue weighted by atomic mass is 9.85. The van der Waals surface area contributed by atoms with Gasteiger partial charge < -0.3 is 9.13 Å². The zero-order chi connectivity index (χ0) is 52.1. The maximum atomic E-state index is 8.44. The first kappa shape index (κ1) is 48.1. The highest BCUT2D eigenvalue weighted by Gasteiger charge is 2.27. The third kappa shape index (κ3) is 8.54. The summed E-state index contributed by atoms with van der Waals surface area (Å²) in [4.78, 5) is 19.7. The smallest absolute Gasteiger partial charge is 0.188 e. The lowest BCUT2D eigenvalue weighted by molar-refractivity contribution is 0.590. The van der Waals surface area contributed by atoms with Crippen LogP contribution in [0, 0.1) is 6.57 Å². The van der Waals surface area contributed by atoms with Crippen LogP contribution in [0.15, 0.2) is 170 Å². The molecule has 11 aromatic rings. The van der Waals surface area contributed by atoms with Crippen LogP contribution in [0.3, 0.4) is 0 Å². The third-order valence-corrected chi connectivity index (χ3v) is 14.8. The summed E-state index contributed by atoms with van der Waals surface area (Å²) >= 11 is 0. The second kappa shape index (κ2) is 17.5. The number of aromatic nitrogens is 5. The first-order chi connectivity index (χ1) is 35.2. The number of hydrogen-bond donors (Lipinski definition) is 0. The molecule has 0 saturated heterocycles. The minimum absolute atomic E-state index is 0.0464. The summed E-state index contributed by atoms with van der Waals surface area (Å²) in [6, 6.07) is 61.0. The van der Waals surface area contributed by atoms with Crippen LogP contribution in [-0.2, 0) is 21.7 Å². The van der Waals surface area contributed by atoms with Crippen LogP contribution < -0.4 is 0 Å². The van der Waals surface area contributed by atoms with Gasteiger partial charge in [0, 0.05) is 43.8 Å². The van der Waals surface area contributed by atoms with Crippen LogP contribution in [0.5, 0.6) is 0 Å².